The fraction of sp³-hybridized carbons (Fsp3) is 0.615. The van der Waals surface area contributed by atoms with Crippen molar-refractivity contribution in [2.45, 2.75) is 30.7 Å². The Hall–Kier alpha value is -0.210. The van der Waals surface area contributed by atoms with E-state index in [0.717, 1.165) is 12.8 Å². The Morgan fingerprint density at radius 2 is 2.24 bits per heavy atom. The standard InChI is InChI=1S/C13H18BrClN2O3S/c1-9(10-3-4-10)17(5-6-20-2)21(18,19)12-7-11(14)8-16-13(12)15/h7-10H,3-6H2,1-2H3. The van der Waals surface area contributed by atoms with Crippen molar-refractivity contribution >= 4 is 37.6 Å². The second-order valence-electron chi connectivity index (χ2n) is 5.13. The monoisotopic (exact) mass is 396 g/mol. The first-order chi connectivity index (χ1) is 9.87. The molecule has 1 aliphatic rings. The molecule has 8 heteroatoms. The molecule has 1 saturated carbocycles. The SMILES string of the molecule is COCCN(C(C)C1CC1)S(=O)(=O)c1cc(Br)cnc1Cl. The molecule has 1 unspecified atom stereocenters. The molecule has 1 atom stereocenters. The zero-order chi connectivity index (χ0) is 15.6. The number of sulfonamides is 1. The van der Waals surface area contributed by atoms with Gasteiger partial charge in [-0.1, -0.05) is 11.6 Å². The fourth-order valence-electron chi connectivity index (χ4n) is 2.25. The molecular formula is C13H18BrClN2O3S. The lowest BCUT2D eigenvalue weighted by Crippen LogP contribution is -2.42. The van der Waals surface area contributed by atoms with Gasteiger partial charge in [0.05, 0.1) is 6.61 Å². The van der Waals surface area contributed by atoms with Crippen LogP contribution in [0.4, 0.5) is 0 Å². The molecule has 0 radical (unpaired) electrons. The van der Waals surface area contributed by atoms with E-state index in [1.165, 1.54) is 16.6 Å². The van der Waals surface area contributed by atoms with Gasteiger partial charge in [0.2, 0.25) is 10.0 Å². The largest absolute Gasteiger partial charge is 0.383 e. The van der Waals surface area contributed by atoms with Crippen molar-refractivity contribution in [1.82, 2.24) is 9.29 Å². The summed E-state index contributed by atoms with van der Waals surface area (Å²) in [5.74, 6) is 0.413. The van der Waals surface area contributed by atoms with Gasteiger partial charge in [-0.3, -0.25) is 0 Å². The van der Waals surface area contributed by atoms with E-state index >= 15 is 0 Å². The first kappa shape index (κ1) is 17.1. The lowest BCUT2D eigenvalue weighted by Gasteiger charge is -2.28. The van der Waals surface area contributed by atoms with Gasteiger partial charge in [-0.15, -0.1) is 0 Å². The molecule has 1 heterocycles. The van der Waals surface area contributed by atoms with Gasteiger partial charge in [0.15, 0.2) is 0 Å². The molecule has 1 fully saturated rings. The van der Waals surface area contributed by atoms with Crippen LogP contribution in [0.3, 0.4) is 0 Å². The highest BCUT2D eigenvalue weighted by Crippen LogP contribution is 2.37. The van der Waals surface area contributed by atoms with Gasteiger partial charge in [0.1, 0.15) is 10.0 Å². The minimum atomic E-state index is -3.70. The maximum Gasteiger partial charge on any atom is 0.246 e. The van der Waals surface area contributed by atoms with Gasteiger partial charge in [-0.05, 0) is 47.7 Å². The van der Waals surface area contributed by atoms with Crippen molar-refractivity contribution in [2.24, 2.45) is 5.92 Å². The first-order valence-corrected chi connectivity index (χ1v) is 9.31. The molecule has 0 amide bonds. The highest BCUT2D eigenvalue weighted by atomic mass is 79.9. The Bertz CT molecular complexity index is 607. The van der Waals surface area contributed by atoms with Crippen LogP contribution in [-0.4, -0.2) is 44.0 Å². The molecule has 2 rings (SSSR count). The Balaban J connectivity index is 2.38. The summed E-state index contributed by atoms with van der Waals surface area (Å²) in [7, 11) is -2.15. The molecule has 1 aromatic heterocycles. The van der Waals surface area contributed by atoms with Crippen molar-refractivity contribution in [3.05, 3.63) is 21.9 Å². The summed E-state index contributed by atoms with van der Waals surface area (Å²) in [6.07, 6.45) is 3.60. The van der Waals surface area contributed by atoms with E-state index in [2.05, 4.69) is 20.9 Å². The summed E-state index contributed by atoms with van der Waals surface area (Å²) >= 11 is 9.23. The van der Waals surface area contributed by atoms with Gasteiger partial charge in [0, 0.05) is 30.4 Å². The summed E-state index contributed by atoms with van der Waals surface area (Å²) in [5, 5.41) is -0.0105. The van der Waals surface area contributed by atoms with Crippen molar-refractivity contribution < 1.29 is 13.2 Å². The number of nitrogens with zero attached hydrogens (tertiary/aromatic N) is 2. The van der Waals surface area contributed by atoms with Gasteiger partial charge in [-0.25, -0.2) is 13.4 Å². The molecule has 21 heavy (non-hydrogen) atoms. The van der Waals surface area contributed by atoms with Crippen LogP contribution in [-0.2, 0) is 14.8 Å². The van der Waals surface area contributed by atoms with Gasteiger partial charge < -0.3 is 4.74 Å². The lowest BCUT2D eigenvalue weighted by molar-refractivity contribution is 0.164. The average molecular weight is 398 g/mol. The molecule has 0 aliphatic heterocycles. The van der Waals surface area contributed by atoms with Crippen LogP contribution in [0, 0.1) is 5.92 Å². The van der Waals surface area contributed by atoms with E-state index < -0.39 is 10.0 Å². The fourth-order valence-corrected chi connectivity index (χ4v) is 4.85. The zero-order valence-electron chi connectivity index (χ0n) is 11.9. The van der Waals surface area contributed by atoms with Crippen molar-refractivity contribution in [3.63, 3.8) is 0 Å². The predicted octanol–water partition coefficient (Wildman–Crippen LogP) is 2.93. The summed E-state index contributed by atoms with van der Waals surface area (Å²) in [5.41, 5.74) is 0. The minimum Gasteiger partial charge on any atom is -0.383 e. The second kappa shape index (κ2) is 6.91. The number of hydrogen-bond donors (Lipinski definition) is 0. The molecule has 0 bridgehead atoms. The maximum absolute atomic E-state index is 12.9. The minimum absolute atomic E-state index is 0.0105. The Morgan fingerprint density at radius 3 is 2.81 bits per heavy atom. The summed E-state index contributed by atoms with van der Waals surface area (Å²) < 4.78 is 32.9. The number of methoxy groups -OCH3 is 1. The normalized spacial score (nSPS) is 17.2. The third-order valence-electron chi connectivity index (χ3n) is 3.63. The topological polar surface area (TPSA) is 59.5 Å². The number of hydrogen-bond acceptors (Lipinski definition) is 4. The zero-order valence-corrected chi connectivity index (χ0v) is 15.1. The van der Waals surface area contributed by atoms with Crippen molar-refractivity contribution in [2.75, 3.05) is 20.3 Å². The number of rotatable bonds is 7. The number of pyridine rings is 1. The van der Waals surface area contributed by atoms with Crippen LogP contribution >= 0.6 is 27.5 Å². The maximum atomic E-state index is 12.9. The first-order valence-electron chi connectivity index (χ1n) is 6.69. The van der Waals surface area contributed by atoms with E-state index in [9.17, 15) is 8.42 Å². The van der Waals surface area contributed by atoms with E-state index in [1.807, 2.05) is 6.92 Å². The summed E-state index contributed by atoms with van der Waals surface area (Å²) in [4.78, 5) is 3.94. The van der Waals surface area contributed by atoms with E-state index in [0.29, 0.717) is 23.5 Å². The molecule has 5 nitrogen and oxygen atoms in total. The van der Waals surface area contributed by atoms with Crippen LogP contribution in [0.25, 0.3) is 0 Å². The smallest absolute Gasteiger partial charge is 0.246 e. The second-order valence-corrected chi connectivity index (χ2v) is 8.26. The number of aromatic nitrogens is 1. The Kier molecular flexibility index (Phi) is 5.65. The molecule has 0 spiro atoms. The Morgan fingerprint density at radius 1 is 1.57 bits per heavy atom. The molecule has 1 aromatic rings. The quantitative estimate of drug-likeness (QED) is 0.664. The summed E-state index contributed by atoms with van der Waals surface area (Å²) in [6, 6.07) is 1.42. The van der Waals surface area contributed by atoms with Gasteiger partial charge in [-0.2, -0.15) is 4.31 Å². The lowest BCUT2D eigenvalue weighted by atomic mass is 10.2. The number of halogens is 2. The van der Waals surface area contributed by atoms with Gasteiger partial charge in [0.25, 0.3) is 0 Å². The summed E-state index contributed by atoms with van der Waals surface area (Å²) in [6.45, 7) is 2.58. The third-order valence-corrected chi connectivity index (χ3v) is 6.48. The van der Waals surface area contributed by atoms with Gasteiger partial charge >= 0.3 is 0 Å². The third kappa shape index (κ3) is 3.96. The van der Waals surface area contributed by atoms with Crippen LogP contribution in [0.5, 0.6) is 0 Å². The van der Waals surface area contributed by atoms with E-state index in [1.54, 1.807) is 7.11 Å². The van der Waals surface area contributed by atoms with Crippen LogP contribution in [0.2, 0.25) is 5.15 Å². The van der Waals surface area contributed by atoms with Crippen LogP contribution in [0.1, 0.15) is 19.8 Å². The van der Waals surface area contributed by atoms with E-state index in [4.69, 9.17) is 16.3 Å². The highest BCUT2D eigenvalue weighted by molar-refractivity contribution is 9.10. The molecule has 0 saturated heterocycles. The average Bonchev–Trinajstić information content (AvgIpc) is 3.25. The predicted molar refractivity (Wildman–Crippen MR) is 84.9 cm³/mol. The highest BCUT2D eigenvalue weighted by Gasteiger charge is 2.39. The van der Waals surface area contributed by atoms with E-state index in [-0.39, 0.29) is 16.1 Å². The number of ether oxygens (including phenoxy) is 1. The molecule has 0 N–H and O–H groups in total. The molecular weight excluding hydrogens is 380 g/mol. The van der Waals surface area contributed by atoms with Crippen molar-refractivity contribution in [1.29, 1.82) is 0 Å². The van der Waals surface area contributed by atoms with Crippen molar-refractivity contribution in [3.8, 4) is 0 Å². The van der Waals surface area contributed by atoms with Crippen LogP contribution < -0.4 is 0 Å². The molecule has 1 aliphatic carbocycles. The van der Waals surface area contributed by atoms with Crippen LogP contribution in [0.15, 0.2) is 21.6 Å². The molecule has 0 aromatic carbocycles. The Labute approximate surface area is 138 Å². The molecule has 118 valence electrons.